The Hall–Kier alpha value is -6.38. The molecule has 3 atom stereocenters. The van der Waals surface area contributed by atoms with Crippen molar-refractivity contribution in [3.63, 3.8) is 0 Å². The van der Waals surface area contributed by atoms with Crippen molar-refractivity contribution in [2.75, 3.05) is 33.0 Å². The number of aryl methyl sites for hydroxylation is 1. The average Bonchev–Trinajstić information content (AvgIpc) is 4.03. The van der Waals surface area contributed by atoms with Crippen LogP contribution in [0, 0.1) is 6.92 Å². The van der Waals surface area contributed by atoms with Gasteiger partial charge in [0.15, 0.2) is 0 Å². The maximum atomic E-state index is 11.0. The molecule has 0 aliphatic carbocycles. The topological polar surface area (TPSA) is 291 Å². The number of esters is 4. The highest BCUT2D eigenvalue weighted by Crippen LogP contribution is 2.24. The summed E-state index contributed by atoms with van der Waals surface area (Å²) < 4.78 is 38.7. The van der Waals surface area contributed by atoms with Gasteiger partial charge in [-0.25, -0.2) is 24.0 Å². The number of aromatic nitrogens is 3. The molecule has 5 rings (SSSR count). The Morgan fingerprint density at radius 1 is 0.712 bits per heavy atom. The number of aliphatic hydroxyl groups excluding tert-OH is 1. The van der Waals surface area contributed by atoms with Crippen LogP contribution in [0.3, 0.4) is 0 Å². The summed E-state index contributed by atoms with van der Waals surface area (Å²) in [5.41, 5.74) is 3.05. The lowest BCUT2D eigenvalue weighted by Gasteiger charge is -2.15. The Morgan fingerprint density at radius 3 is 1.44 bits per heavy atom. The van der Waals surface area contributed by atoms with Gasteiger partial charge in [-0.2, -0.15) is 0 Å². The average molecular weight is 942 g/mol. The van der Waals surface area contributed by atoms with Crippen LogP contribution in [0.2, 0.25) is 0 Å². The first-order valence-corrected chi connectivity index (χ1v) is 21.3. The number of carboxylic acid groups (broad SMARTS) is 2. The number of aromatic carboxylic acids is 2. The van der Waals surface area contributed by atoms with Crippen LogP contribution in [-0.2, 0) is 63.4 Å². The van der Waals surface area contributed by atoms with Crippen molar-refractivity contribution in [3.8, 4) is 0 Å². The predicted octanol–water partition coefficient (Wildman–Crippen LogP) is 5.61. The second-order valence-corrected chi connectivity index (χ2v) is 13.7. The van der Waals surface area contributed by atoms with Crippen LogP contribution in [0.1, 0.15) is 104 Å². The smallest absolute Gasteiger partial charge is 0.478 e. The number of carboxylic acids is 2. The van der Waals surface area contributed by atoms with Gasteiger partial charge in [-0.15, -0.1) is 4.52 Å². The molecule has 2 aliphatic heterocycles. The van der Waals surface area contributed by atoms with Crippen molar-refractivity contribution in [2.24, 2.45) is 0 Å². The van der Waals surface area contributed by atoms with Gasteiger partial charge in [0.05, 0.1) is 54.5 Å². The normalized spacial score (nSPS) is 14.4. The van der Waals surface area contributed by atoms with Gasteiger partial charge in [0.2, 0.25) is 0 Å². The fourth-order valence-electron chi connectivity index (χ4n) is 4.69. The molecule has 2 fully saturated rings. The minimum Gasteiger partial charge on any atom is -0.478 e. The molecule has 2 aliphatic rings. The van der Waals surface area contributed by atoms with Crippen LogP contribution < -0.4 is 0 Å². The highest BCUT2D eigenvalue weighted by Gasteiger charge is 2.29. The van der Waals surface area contributed by atoms with Crippen molar-refractivity contribution in [2.45, 2.75) is 86.0 Å². The lowest BCUT2D eigenvalue weighted by molar-refractivity contribution is -0.156. The van der Waals surface area contributed by atoms with E-state index in [4.69, 9.17) is 29.5 Å². The maximum Gasteiger partial charge on any atom is 0.584 e. The highest BCUT2D eigenvalue weighted by molar-refractivity contribution is 7.56. The number of carbonyl (C=O) groups is 7. The first kappa shape index (κ1) is 61.7. The minimum absolute atomic E-state index is 0. The zero-order valence-corrected chi connectivity index (χ0v) is 38.6. The molecule has 66 heavy (non-hydrogen) atoms. The van der Waals surface area contributed by atoms with E-state index >= 15 is 0 Å². The van der Waals surface area contributed by atoms with E-state index in [2.05, 4.69) is 28.9 Å². The second kappa shape index (κ2) is 37.9. The van der Waals surface area contributed by atoms with Gasteiger partial charge < -0.3 is 39.0 Å². The van der Waals surface area contributed by atoms with Gasteiger partial charge in [-0.1, -0.05) is 6.07 Å². The largest absolute Gasteiger partial charge is 0.584 e. The van der Waals surface area contributed by atoms with Gasteiger partial charge in [-0.3, -0.25) is 24.5 Å². The van der Waals surface area contributed by atoms with Gasteiger partial charge >= 0.3 is 49.9 Å². The number of rotatable bonds is 13. The molecule has 20 nitrogen and oxygen atoms in total. The summed E-state index contributed by atoms with van der Waals surface area (Å²) in [6, 6.07) is 9.89. The third kappa shape index (κ3) is 31.5. The Balaban J connectivity index is 0. The SMILES string of the molecule is C1COC(C2CCCO2)C1.CC(=O)OC(C)=O.CCOC(=O)/C=C/c1ccc(C(=O)O)cn1.CCOC(=O)/C=C/c1ccc(CO)cn1.CCO[P+](=O)C=O.Cc1ccc(C(=O)O)cn1.[B]. The fourth-order valence-corrected chi connectivity index (χ4v) is 5.01. The summed E-state index contributed by atoms with van der Waals surface area (Å²) in [6.45, 7) is 12.2. The molecule has 0 spiro atoms. The van der Waals surface area contributed by atoms with Gasteiger partial charge in [0, 0.05) is 71.9 Å². The number of ether oxygens (including phenoxy) is 5. The van der Waals surface area contributed by atoms with Crippen molar-refractivity contribution < 1.29 is 81.7 Å². The van der Waals surface area contributed by atoms with Crippen LogP contribution in [-0.4, -0.2) is 126 Å². The van der Waals surface area contributed by atoms with E-state index in [0.717, 1.165) is 24.5 Å². The Morgan fingerprint density at radius 2 is 1.17 bits per heavy atom. The molecule has 3 radical (unpaired) electrons. The predicted molar refractivity (Wildman–Crippen MR) is 241 cm³/mol. The molecule has 3 aromatic rings. The van der Waals surface area contributed by atoms with E-state index in [1.165, 1.54) is 88.4 Å². The molecule has 0 bridgehead atoms. The summed E-state index contributed by atoms with van der Waals surface area (Å²) in [5, 5.41) is 25.9. The first-order chi connectivity index (χ1) is 31.0. The van der Waals surface area contributed by atoms with Crippen LogP contribution in [0.5, 0.6) is 0 Å². The molecule has 22 heteroatoms. The fraction of sp³-hybridized carbons (Fsp3) is 0.409. The van der Waals surface area contributed by atoms with E-state index in [0.29, 0.717) is 49.4 Å². The molecule has 3 aromatic heterocycles. The van der Waals surface area contributed by atoms with Crippen molar-refractivity contribution in [1.82, 2.24) is 15.0 Å². The summed E-state index contributed by atoms with van der Waals surface area (Å²) in [7, 11) is -2.01. The van der Waals surface area contributed by atoms with Gasteiger partial charge in [0.25, 0.3) is 0 Å². The lowest BCUT2D eigenvalue weighted by Crippen LogP contribution is -2.23. The number of aliphatic hydroxyl groups is 1. The maximum absolute atomic E-state index is 11.0. The van der Waals surface area contributed by atoms with Crippen molar-refractivity contribution in [1.29, 1.82) is 0 Å². The first-order valence-electron chi connectivity index (χ1n) is 20.1. The summed E-state index contributed by atoms with van der Waals surface area (Å²) in [6.07, 6.45) is 15.5. The zero-order chi connectivity index (χ0) is 49.0. The number of carbonyl (C=O) groups excluding carboxylic acids is 5. The standard InChI is InChI=1S/C11H11NO4.C11H13NO3.C8H14O2.C7H7NO2.C4H6O3.C3H6O3P.B/c1-2-16-10(13)6-5-9-4-3-8(7-12-9)11(14)15;1-2-15-11(14)6-5-10-4-3-9(8-13)7-12-10;1-3-7(9-5-1)8-4-2-6-10-8;1-5-2-3-6(4-8-5)7(9)10;1-3(5)7-4(2)6;1-2-6-7(5)3-4;/h3-7H,2H2,1H3,(H,14,15);3-7,13H,2,8H2,1H3;7-8H,1-6H2;2-4H,1H3,(H,9,10);1-2H3;3H,2H2,1H3;/q;;;;;+1;/b2*6-5+;;;;;. The van der Waals surface area contributed by atoms with E-state index in [9.17, 15) is 38.1 Å². The quantitative estimate of drug-likeness (QED) is 0.0357. The Bertz CT molecular complexity index is 1940. The van der Waals surface area contributed by atoms with Crippen LogP contribution in [0.15, 0.2) is 67.1 Å². The molecule has 3 unspecified atom stereocenters. The highest BCUT2D eigenvalue weighted by atomic mass is 31.1. The Kier molecular flexibility index (Phi) is 35.5. The minimum atomic E-state index is -2.01. The van der Waals surface area contributed by atoms with Crippen LogP contribution in [0.25, 0.3) is 12.2 Å². The van der Waals surface area contributed by atoms with E-state index in [1.807, 2.05) is 6.92 Å². The molecule has 2 saturated heterocycles. The number of pyridine rings is 3. The lowest BCUT2D eigenvalue weighted by atomic mass is 10.1. The molecule has 0 aromatic carbocycles. The molecular weight excluding hydrogens is 884 g/mol. The molecule has 0 amide bonds. The van der Waals surface area contributed by atoms with Gasteiger partial charge in [-0.05, 0) is 106 Å². The summed E-state index contributed by atoms with van der Waals surface area (Å²) in [5.74, 6) is -3.93. The molecule has 0 saturated carbocycles. The molecular formula is C44H57BN3O17P+. The van der Waals surface area contributed by atoms with Crippen molar-refractivity contribution in [3.05, 3.63) is 101 Å². The second-order valence-electron chi connectivity index (χ2n) is 12.7. The monoisotopic (exact) mass is 941 g/mol. The van der Waals surface area contributed by atoms with E-state index in [1.54, 1.807) is 51.2 Å². The van der Waals surface area contributed by atoms with Gasteiger partial charge in [0.1, 0.15) is 6.61 Å². The van der Waals surface area contributed by atoms with Crippen LogP contribution >= 0.6 is 8.03 Å². The number of nitrogens with zero attached hydrogens (tertiary/aromatic N) is 3. The third-order valence-electron chi connectivity index (χ3n) is 7.55. The van der Waals surface area contributed by atoms with E-state index < -0.39 is 37.9 Å². The summed E-state index contributed by atoms with van der Waals surface area (Å²) >= 11 is 0. The molecule has 357 valence electrons. The Labute approximate surface area is 386 Å². The molecule has 5 heterocycles. The third-order valence-corrected chi connectivity index (χ3v) is 8.23. The number of hydrogen-bond acceptors (Lipinski definition) is 18. The van der Waals surface area contributed by atoms with Crippen molar-refractivity contribution >= 4 is 70.4 Å². The summed E-state index contributed by atoms with van der Waals surface area (Å²) in [4.78, 5) is 83.5. The van der Waals surface area contributed by atoms with Crippen LogP contribution in [0.4, 0.5) is 0 Å². The zero-order valence-electron chi connectivity index (χ0n) is 37.7. The number of hydrogen-bond donors (Lipinski definition) is 3. The molecule has 3 N–H and O–H groups in total. The van der Waals surface area contributed by atoms with E-state index in [-0.39, 0.29) is 32.1 Å².